The van der Waals surface area contributed by atoms with Crippen molar-refractivity contribution in [3.05, 3.63) is 12.7 Å². The van der Waals surface area contributed by atoms with Crippen molar-refractivity contribution in [2.75, 3.05) is 19.7 Å². The van der Waals surface area contributed by atoms with Crippen molar-refractivity contribution in [2.24, 2.45) is 11.8 Å². The molecule has 0 aromatic heterocycles. The fraction of sp³-hybridized carbons (Fsp3) is 0.773. The molecule has 3 saturated heterocycles. The molecule has 3 heterocycles. The SMILES string of the molecule is C=CCN(C(=O)[C@H]1N(CCCCCO)C(=O)[C@@H]2[C@@H](C(=O)O)[C@H]3CC[C@]21O3)C(C)(C)C. The molecular formula is C22H34N2O6. The number of carboxylic acid groups (broad SMARTS) is 1. The molecule has 0 aromatic carbocycles. The minimum atomic E-state index is -1.08. The van der Waals surface area contributed by atoms with Gasteiger partial charge < -0.3 is 24.7 Å². The number of fused-ring (bicyclic) bond motifs is 1. The van der Waals surface area contributed by atoms with Crippen molar-refractivity contribution in [3.8, 4) is 0 Å². The highest BCUT2D eigenvalue weighted by atomic mass is 16.5. The third-order valence-corrected chi connectivity index (χ3v) is 6.76. The number of ether oxygens (including phenoxy) is 1. The third kappa shape index (κ3) is 3.54. The molecule has 2 N–H and O–H groups in total. The second kappa shape index (κ2) is 8.30. The van der Waals surface area contributed by atoms with Gasteiger partial charge in [0.05, 0.1) is 17.9 Å². The van der Waals surface area contributed by atoms with E-state index in [-0.39, 0.29) is 18.4 Å². The van der Waals surface area contributed by atoms with Crippen LogP contribution in [-0.2, 0) is 19.1 Å². The summed E-state index contributed by atoms with van der Waals surface area (Å²) in [5.41, 5.74) is -1.57. The van der Waals surface area contributed by atoms with E-state index in [2.05, 4.69) is 6.58 Å². The summed E-state index contributed by atoms with van der Waals surface area (Å²) in [7, 11) is 0. The van der Waals surface area contributed by atoms with E-state index in [9.17, 15) is 19.5 Å². The van der Waals surface area contributed by atoms with E-state index in [0.29, 0.717) is 38.8 Å². The minimum absolute atomic E-state index is 0.0753. The summed E-state index contributed by atoms with van der Waals surface area (Å²) in [5.74, 6) is -3.28. The number of carbonyl (C=O) groups is 3. The van der Waals surface area contributed by atoms with Gasteiger partial charge in [0, 0.05) is 25.2 Å². The monoisotopic (exact) mass is 422 g/mol. The van der Waals surface area contributed by atoms with Gasteiger partial charge in [0.1, 0.15) is 11.6 Å². The number of hydrogen-bond donors (Lipinski definition) is 2. The molecule has 2 bridgehead atoms. The van der Waals surface area contributed by atoms with Gasteiger partial charge in [-0.25, -0.2) is 0 Å². The summed E-state index contributed by atoms with van der Waals surface area (Å²) < 4.78 is 6.20. The van der Waals surface area contributed by atoms with E-state index in [0.717, 1.165) is 6.42 Å². The van der Waals surface area contributed by atoms with Gasteiger partial charge in [-0.3, -0.25) is 14.4 Å². The lowest BCUT2D eigenvalue weighted by atomic mass is 9.70. The van der Waals surface area contributed by atoms with Crippen molar-refractivity contribution >= 4 is 17.8 Å². The van der Waals surface area contributed by atoms with E-state index in [1.807, 2.05) is 20.8 Å². The molecule has 0 aromatic rings. The van der Waals surface area contributed by atoms with Crippen LogP contribution in [0.1, 0.15) is 52.9 Å². The number of hydrogen-bond acceptors (Lipinski definition) is 5. The predicted octanol–water partition coefficient (Wildman–Crippen LogP) is 1.42. The van der Waals surface area contributed by atoms with Crippen LogP contribution in [0.4, 0.5) is 0 Å². The first-order valence-electron chi connectivity index (χ1n) is 10.8. The van der Waals surface area contributed by atoms with E-state index in [4.69, 9.17) is 9.84 Å². The molecule has 8 heteroatoms. The number of aliphatic hydroxyl groups excluding tert-OH is 1. The Bertz CT molecular complexity index is 717. The fourth-order valence-electron chi connectivity index (χ4n) is 5.50. The molecule has 0 unspecified atom stereocenters. The lowest BCUT2D eigenvalue weighted by Crippen LogP contribution is -2.59. The first-order valence-corrected chi connectivity index (χ1v) is 10.8. The van der Waals surface area contributed by atoms with Gasteiger partial charge in [-0.05, 0) is 52.9 Å². The molecule has 5 atom stereocenters. The fourth-order valence-corrected chi connectivity index (χ4v) is 5.50. The number of amides is 2. The molecule has 30 heavy (non-hydrogen) atoms. The zero-order valence-electron chi connectivity index (χ0n) is 18.2. The number of rotatable bonds is 9. The summed E-state index contributed by atoms with van der Waals surface area (Å²) in [4.78, 5) is 42.5. The Hall–Kier alpha value is -1.93. The second-order valence-electron chi connectivity index (χ2n) is 9.62. The van der Waals surface area contributed by atoms with Crippen LogP contribution in [0.15, 0.2) is 12.7 Å². The average molecular weight is 423 g/mol. The van der Waals surface area contributed by atoms with Gasteiger partial charge in [0.15, 0.2) is 0 Å². The van der Waals surface area contributed by atoms with Crippen LogP contribution in [0.3, 0.4) is 0 Å². The van der Waals surface area contributed by atoms with E-state index < -0.39 is 41.1 Å². The lowest BCUT2D eigenvalue weighted by Gasteiger charge is -2.42. The topological polar surface area (TPSA) is 107 Å². The Labute approximate surface area is 177 Å². The first-order chi connectivity index (χ1) is 14.1. The number of aliphatic carboxylic acids is 1. The smallest absolute Gasteiger partial charge is 0.310 e. The summed E-state index contributed by atoms with van der Waals surface area (Å²) >= 11 is 0. The Balaban J connectivity index is 1.99. The second-order valence-corrected chi connectivity index (χ2v) is 9.62. The van der Waals surface area contributed by atoms with Crippen molar-refractivity contribution in [2.45, 2.75) is 76.2 Å². The van der Waals surface area contributed by atoms with E-state index in [1.54, 1.807) is 15.9 Å². The maximum Gasteiger partial charge on any atom is 0.310 e. The maximum atomic E-state index is 13.8. The van der Waals surface area contributed by atoms with Crippen molar-refractivity contribution in [1.82, 2.24) is 9.80 Å². The maximum absolute atomic E-state index is 13.8. The molecule has 3 aliphatic heterocycles. The van der Waals surface area contributed by atoms with Crippen LogP contribution >= 0.6 is 0 Å². The molecule has 0 radical (unpaired) electrons. The molecular weight excluding hydrogens is 388 g/mol. The van der Waals surface area contributed by atoms with E-state index in [1.165, 1.54) is 0 Å². The molecule has 8 nitrogen and oxygen atoms in total. The molecule has 3 aliphatic rings. The van der Waals surface area contributed by atoms with Gasteiger partial charge in [0.2, 0.25) is 11.8 Å². The number of likely N-dealkylation sites (tertiary alicyclic amines) is 1. The summed E-state index contributed by atoms with van der Waals surface area (Å²) in [5, 5.41) is 18.8. The first kappa shape index (κ1) is 22.7. The molecule has 0 saturated carbocycles. The Morgan fingerprint density at radius 1 is 1.33 bits per heavy atom. The Morgan fingerprint density at radius 3 is 2.60 bits per heavy atom. The van der Waals surface area contributed by atoms with Crippen LogP contribution in [0.5, 0.6) is 0 Å². The molecule has 3 rings (SSSR count). The highest BCUT2D eigenvalue weighted by Crippen LogP contribution is 2.58. The van der Waals surface area contributed by atoms with Crippen molar-refractivity contribution < 1.29 is 29.3 Å². The summed E-state index contributed by atoms with van der Waals surface area (Å²) in [6.07, 6.45) is 4.17. The number of unbranched alkanes of at least 4 members (excludes halogenated alkanes) is 2. The van der Waals surface area contributed by atoms with Crippen LogP contribution < -0.4 is 0 Å². The third-order valence-electron chi connectivity index (χ3n) is 6.76. The number of nitrogens with zero attached hydrogens (tertiary/aromatic N) is 2. The quantitative estimate of drug-likeness (QED) is 0.430. The van der Waals surface area contributed by atoms with Gasteiger partial charge in [-0.1, -0.05) is 6.08 Å². The lowest BCUT2D eigenvalue weighted by molar-refractivity contribution is -0.152. The normalized spacial score (nSPS) is 32.4. The van der Waals surface area contributed by atoms with Crippen LogP contribution in [0.25, 0.3) is 0 Å². The summed E-state index contributed by atoms with van der Waals surface area (Å²) in [6, 6.07) is -0.836. The zero-order chi connectivity index (χ0) is 22.3. The summed E-state index contributed by atoms with van der Waals surface area (Å²) in [6.45, 7) is 10.3. The number of carboxylic acids is 1. The van der Waals surface area contributed by atoms with Gasteiger partial charge in [0.25, 0.3) is 0 Å². The Morgan fingerprint density at radius 2 is 2.03 bits per heavy atom. The highest BCUT2D eigenvalue weighted by molar-refractivity contribution is 5.98. The Kier molecular flexibility index (Phi) is 6.30. The standard InChI is InChI=1S/C22H34N2O6/c1-5-11-24(21(2,3)4)19(27)17-22-10-9-14(30-22)15(20(28)29)16(22)18(26)23(17)12-7-6-8-13-25/h5,14-17,25H,1,6-13H2,2-4H3,(H,28,29)/t14-,15+,16+,17-,22+/m1/s1. The zero-order valence-corrected chi connectivity index (χ0v) is 18.2. The number of carbonyl (C=O) groups excluding carboxylic acids is 2. The van der Waals surface area contributed by atoms with Crippen molar-refractivity contribution in [1.29, 1.82) is 0 Å². The largest absolute Gasteiger partial charge is 0.481 e. The molecule has 1 spiro atoms. The van der Waals surface area contributed by atoms with Crippen LogP contribution in [-0.4, -0.2) is 80.8 Å². The van der Waals surface area contributed by atoms with Gasteiger partial charge in [-0.2, -0.15) is 0 Å². The van der Waals surface area contributed by atoms with Gasteiger partial charge >= 0.3 is 5.97 Å². The minimum Gasteiger partial charge on any atom is -0.481 e. The van der Waals surface area contributed by atoms with Crippen LogP contribution in [0.2, 0.25) is 0 Å². The molecule has 0 aliphatic carbocycles. The molecule has 3 fully saturated rings. The molecule has 168 valence electrons. The van der Waals surface area contributed by atoms with Gasteiger partial charge in [-0.15, -0.1) is 6.58 Å². The predicted molar refractivity (Wildman–Crippen MR) is 110 cm³/mol. The van der Waals surface area contributed by atoms with E-state index >= 15 is 0 Å². The molecule has 2 amide bonds. The number of aliphatic hydroxyl groups is 1. The van der Waals surface area contributed by atoms with Crippen LogP contribution in [0, 0.1) is 11.8 Å². The van der Waals surface area contributed by atoms with Crippen molar-refractivity contribution in [3.63, 3.8) is 0 Å². The average Bonchev–Trinajstić information content (AvgIpc) is 3.29. The highest BCUT2D eigenvalue weighted by Gasteiger charge is 2.74.